The summed E-state index contributed by atoms with van der Waals surface area (Å²) in [6.07, 6.45) is 0.0255. The SMILES string of the molecule is CCOC(=O)CC(CC(=O)CN(C)C)OCC. The molecular weight excluding hydrogens is 222 g/mol. The van der Waals surface area contributed by atoms with Crippen molar-refractivity contribution in [3.63, 3.8) is 0 Å². The van der Waals surface area contributed by atoms with E-state index in [9.17, 15) is 9.59 Å². The molecule has 0 aliphatic rings. The van der Waals surface area contributed by atoms with Gasteiger partial charge in [0.05, 0.1) is 25.7 Å². The molecule has 0 rings (SSSR count). The monoisotopic (exact) mass is 245 g/mol. The Hall–Kier alpha value is -0.940. The first-order valence-corrected chi connectivity index (χ1v) is 5.93. The normalized spacial score (nSPS) is 12.5. The number of ether oxygens (including phenoxy) is 2. The predicted octanol–water partition coefficient (Wildman–Crippen LogP) is 0.866. The van der Waals surface area contributed by atoms with Gasteiger partial charge < -0.3 is 14.4 Å². The van der Waals surface area contributed by atoms with Crippen LogP contribution < -0.4 is 0 Å². The van der Waals surface area contributed by atoms with E-state index in [0.717, 1.165) is 0 Å². The maximum absolute atomic E-state index is 11.6. The fraction of sp³-hybridized carbons (Fsp3) is 0.833. The summed E-state index contributed by atoms with van der Waals surface area (Å²) in [5, 5.41) is 0. The van der Waals surface area contributed by atoms with Crippen LogP contribution in [-0.4, -0.2) is 56.6 Å². The van der Waals surface area contributed by atoms with Crippen LogP contribution >= 0.6 is 0 Å². The van der Waals surface area contributed by atoms with Crippen LogP contribution in [0.4, 0.5) is 0 Å². The summed E-state index contributed by atoms with van der Waals surface area (Å²) >= 11 is 0. The molecule has 0 spiro atoms. The van der Waals surface area contributed by atoms with Gasteiger partial charge >= 0.3 is 5.97 Å². The third-order valence-electron chi connectivity index (χ3n) is 2.05. The second-order valence-corrected chi connectivity index (χ2v) is 4.07. The van der Waals surface area contributed by atoms with Gasteiger partial charge in [0.15, 0.2) is 0 Å². The number of rotatable bonds is 9. The van der Waals surface area contributed by atoms with E-state index in [1.165, 1.54) is 0 Å². The molecule has 1 unspecified atom stereocenters. The fourth-order valence-electron chi connectivity index (χ4n) is 1.50. The van der Waals surface area contributed by atoms with Crippen molar-refractivity contribution in [3.05, 3.63) is 0 Å². The first kappa shape index (κ1) is 16.1. The molecule has 5 nitrogen and oxygen atoms in total. The minimum Gasteiger partial charge on any atom is -0.466 e. The van der Waals surface area contributed by atoms with Crippen LogP contribution in [0.1, 0.15) is 26.7 Å². The summed E-state index contributed by atoms with van der Waals surface area (Å²) in [7, 11) is 3.66. The lowest BCUT2D eigenvalue weighted by atomic mass is 10.1. The molecule has 0 aliphatic carbocycles. The molecule has 0 fully saturated rings. The van der Waals surface area contributed by atoms with E-state index < -0.39 is 0 Å². The molecule has 17 heavy (non-hydrogen) atoms. The van der Waals surface area contributed by atoms with E-state index >= 15 is 0 Å². The number of hydrogen-bond acceptors (Lipinski definition) is 5. The second-order valence-electron chi connectivity index (χ2n) is 4.07. The molecule has 0 N–H and O–H groups in total. The maximum Gasteiger partial charge on any atom is 0.308 e. The molecule has 0 aromatic carbocycles. The number of esters is 1. The molecule has 1 atom stereocenters. The molecule has 0 saturated carbocycles. The lowest BCUT2D eigenvalue weighted by Crippen LogP contribution is -2.28. The maximum atomic E-state index is 11.6. The first-order chi connectivity index (χ1) is 7.99. The number of nitrogens with zero attached hydrogens (tertiary/aromatic N) is 1. The summed E-state index contributed by atoms with van der Waals surface area (Å²) in [6, 6.07) is 0. The molecular formula is C12H23NO4. The second kappa shape index (κ2) is 9.13. The van der Waals surface area contributed by atoms with Crippen molar-refractivity contribution in [3.8, 4) is 0 Å². The summed E-state index contributed by atoms with van der Waals surface area (Å²) in [6.45, 7) is 4.80. The quantitative estimate of drug-likeness (QED) is 0.564. The van der Waals surface area contributed by atoms with Crippen molar-refractivity contribution in [1.82, 2.24) is 4.90 Å². The van der Waals surface area contributed by atoms with Gasteiger partial charge in [0.1, 0.15) is 5.78 Å². The van der Waals surface area contributed by atoms with E-state index in [0.29, 0.717) is 19.8 Å². The van der Waals surface area contributed by atoms with Crippen molar-refractivity contribution in [2.45, 2.75) is 32.8 Å². The van der Waals surface area contributed by atoms with Crippen LogP contribution in [0.2, 0.25) is 0 Å². The third-order valence-corrected chi connectivity index (χ3v) is 2.05. The summed E-state index contributed by atoms with van der Waals surface area (Å²) in [4.78, 5) is 24.7. The highest BCUT2D eigenvalue weighted by molar-refractivity contribution is 5.81. The van der Waals surface area contributed by atoms with Crippen LogP contribution in [0.25, 0.3) is 0 Å². The van der Waals surface area contributed by atoms with Crippen molar-refractivity contribution >= 4 is 11.8 Å². The van der Waals surface area contributed by atoms with Gasteiger partial charge in [-0.25, -0.2) is 0 Å². The Labute approximate surface area is 103 Å². The van der Waals surface area contributed by atoms with Crippen LogP contribution in [0.3, 0.4) is 0 Å². The van der Waals surface area contributed by atoms with E-state index in [-0.39, 0.29) is 30.7 Å². The minimum atomic E-state index is -0.369. The summed E-state index contributed by atoms with van der Waals surface area (Å²) in [5.41, 5.74) is 0. The van der Waals surface area contributed by atoms with E-state index in [4.69, 9.17) is 9.47 Å². The number of Topliss-reactive ketones (excluding diaryl/α,β-unsaturated/α-hetero) is 1. The van der Waals surface area contributed by atoms with Crippen LogP contribution in [0.5, 0.6) is 0 Å². The number of hydrogen-bond donors (Lipinski definition) is 0. The zero-order valence-corrected chi connectivity index (χ0v) is 11.2. The van der Waals surface area contributed by atoms with Gasteiger partial charge in [0.25, 0.3) is 0 Å². The van der Waals surface area contributed by atoms with E-state index in [1.54, 1.807) is 11.8 Å². The fourth-order valence-corrected chi connectivity index (χ4v) is 1.50. The zero-order chi connectivity index (χ0) is 13.3. The Balaban J connectivity index is 4.13. The molecule has 0 amide bonds. The van der Waals surface area contributed by atoms with Crippen LogP contribution in [0.15, 0.2) is 0 Å². The van der Waals surface area contributed by atoms with Crippen LogP contribution in [-0.2, 0) is 19.1 Å². The molecule has 0 heterocycles. The van der Waals surface area contributed by atoms with Gasteiger partial charge in [0.2, 0.25) is 0 Å². The molecule has 0 bridgehead atoms. The number of carbonyl (C=O) groups is 2. The first-order valence-electron chi connectivity index (χ1n) is 5.93. The average Bonchev–Trinajstić information content (AvgIpc) is 2.16. The smallest absolute Gasteiger partial charge is 0.308 e. The van der Waals surface area contributed by atoms with E-state index in [1.807, 2.05) is 21.0 Å². The molecule has 0 aliphatic heterocycles. The van der Waals surface area contributed by atoms with Crippen molar-refractivity contribution in [2.75, 3.05) is 33.9 Å². The van der Waals surface area contributed by atoms with Gasteiger partial charge in [-0.1, -0.05) is 0 Å². The Morgan fingerprint density at radius 1 is 1.12 bits per heavy atom. The van der Waals surface area contributed by atoms with Gasteiger partial charge in [-0.3, -0.25) is 9.59 Å². The molecule has 0 radical (unpaired) electrons. The zero-order valence-electron chi connectivity index (χ0n) is 11.2. The third kappa shape index (κ3) is 8.83. The summed E-state index contributed by atoms with van der Waals surface area (Å²) < 4.78 is 10.2. The van der Waals surface area contributed by atoms with E-state index in [2.05, 4.69) is 0 Å². The average molecular weight is 245 g/mol. The lowest BCUT2D eigenvalue weighted by molar-refractivity contribution is -0.146. The molecule has 0 saturated heterocycles. The highest BCUT2D eigenvalue weighted by Crippen LogP contribution is 2.07. The van der Waals surface area contributed by atoms with Gasteiger partial charge in [0, 0.05) is 13.0 Å². The Morgan fingerprint density at radius 3 is 2.24 bits per heavy atom. The predicted molar refractivity (Wildman–Crippen MR) is 64.8 cm³/mol. The minimum absolute atomic E-state index is 0.0674. The topological polar surface area (TPSA) is 55.8 Å². The molecule has 5 heteroatoms. The Kier molecular flexibility index (Phi) is 8.62. The summed E-state index contributed by atoms with van der Waals surface area (Å²) in [5.74, 6) is -0.249. The van der Waals surface area contributed by atoms with Crippen molar-refractivity contribution in [2.24, 2.45) is 0 Å². The van der Waals surface area contributed by atoms with Crippen molar-refractivity contribution in [1.29, 1.82) is 0 Å². The number of ketones is 1. The largest absolute Gasteiger partial charge is 0.466 e. The highest BCUT2D eigenvalue weighted by Gasteiger charge is 2.18. The molecule has 100 valence electrons. The molecule has 0 aromatic heterocycles. The number of likely N-dealkylation sites (N-methyl/N-ethyl adjacent to an activating group) is 1. The Bertz CT molecular complexity index is 241. The number of carbonyl (C=O) groups excluding carboxylic acids is 2. The highest BCUT2D eigenvalue weighted by atomic mass is 16.5. The van der Waals surface area contributed by atoms with Gasteiger partial charge in [-0.15, -0.1) is 0 Å². The Morgan fingerprint density at radius 2 is 1.76 bits per heavy atom. The molecule has 0 aromatic rings. The van der Waals surface area contributed by atoms with Crippen molar-refractivity contribution < 1.29 is 19.1 Å². The standard InChI is InChI=1S/C12H23NO4/c1-5-16-11(8-12(15)17-6-2)7-10(14)9-13(3)4/h11H,5-9H2,1-4H3. The van der Waals surface area contributed by atoms with Crippen LogP contribution in [0, 0.1) is 0 Å². The van der Waals surface area contributed by atoms with Gasteiger partial charge in [-0.05, 0) is 27.9 Å². The van der Waals surface area contributed by atoms with Gasteiger partial charge in [-0.2, -0.15) is 0 Å². The lowest BCUT2D eigenvalue weighted by Gasteiger charge is -2.16.